The molecule has 3 aromatic rings. The van der Waals surface area contributed by atoms with E-state index in [2.05, 4.69) is 66.8 Å². The second-order valence-corrected chi connectivity index (χ2v) is 8.36. The highest BCUT2D eigenvalue weighted by Gasteiger charge is 2.25. The highest BCUT2D eigenvalue weighted by atomic mass is 32.1. The topological polar surface area (TPSA) is 34.5 Å². The van der Waals surface area contributed by atoms with Crippen LogP contribution in [-0.4, -0.2) is 17.3 Å². The smallest absolute Gasteiger partial charge is 0.118 e. The van der Waals surface area contributed by atoms with Crippen LogP contribution in [0.2, 0.25) is 0 Å². The number of benzene rings is 2. The summed E-state index contributed by atoms with van der Waals surface area (Å²) in [6.45, 7) is 6.94. The van der Waals surface area contributed by atoms with Gasteiger partial charge < -0.3 is 4.84 Å². The molecular weight excluding hydrogens is 364 g/mol. The van der Waals surface area contributed by atoms with Crippen LogP contribution in [0.15, 0.2) is 53.0 Å². The molecule has 0 bridgehead atoms. The zero-order valence-electron chi connectivity index (χ0n) is 16.7. The Bertz CT molecular complexity index is 1000. The molecule has 1 aromatic heterocycles. The van der Waals surface area contributed by atoms with Crippen LogP contribution < -0.4 is 0 Å². The van der Waals surface area contributed by atoms with Gasteiger partial charge in [0.15, 0.2) is 0 Å². The van der Waals surface area contributed by atoms with E-state index in [1.165, 1.54) is 33.0 Å². The zero-order chi connectivity index (χ0) is 19.5. The molecule has 0 atom stereocenters. The summed E-state index contributed by atoms with van der Waals surface area (Å²) in [6, 6.07) is 15.2. The molecule has 0 amide bonds. The number of rotatable bonds is 7. The third-order valence-electron chi connectivity index (χ3n) is 5.06. The molecule has 1 aliphatic carbocycles. The van der Waals surface area contributed by atoms with Gasteiger partial charge in [0, 0.05) is 22.4 Å². The number of nitrogens with zero attached hydrogens (tertiary/aromatic N) is 2. The Morgan fingerprint density at radius 2 is 1.79 bits per heavy atom. The summed E-state index contributed by atoms with van der Waals surface area (Å²) in [7, 11) is 0. The molecule has 3 nitrogen and oxygen atoms in total. The van der Waals surface area contributed by atoms with E-state index in [1.54, 1.807) is 11.3 Å². The second kappa shape index (κ2) is 8.27. The minimum absolute atomic E-state index is 0.514. The van der Waals surface area contributed by atoms with Crippen molar-refractivity contribution in [3.8, 4) is 11.1 Å². The van der Waals surface area contributed by atoms with E-state index in [4.69, 9.17) is 9.82 Å². The molecule has 28 heavy (non-hydrogen) atoms. The van der Waals surface area contributed by atoms with Crippen molar-refractivity contribution in [2.45, 2.75) is 46.0 Å². The number of hydrogen-bond donors (Lipinski definition) is 0. The average molecular weight is 391 g/mol. The molecular formula is C24H26N2OS. The van der Waals surface area contributed by atoms with Crippen LogP contribution in [0.5, 0.6) is 0 Å². The summed E-state index contributed by atoms with van der Waals surface area (Å²) in [6.07, 6.45) is 3.17. The molecule has 2 aromatic carbocycles. The number of hydrogen-bond acceptors (Lipinski definition) is 4. The maximum absolute atomic E-state index is 5.41. The Morgan fingerprint density at radius 3 is 2.54 bits per heavy atom. The lowest BCUT2D eigenvalue weighted by Gasteiger charge is -2.06. The van der Waals surface area contributed by atoms with Gasteiger partial charge in [-0.2, -0.15) is 0 Å². The third-order valence-corrected chi connectivity index (χ3v) is 6.25. The van der Waals surface area contributed by atoms with Crippen molar-refractivity contribution in [1.82, 2.24) is 4.98 Å². The van der Waals surface area contributed by atoms with Crippen LogP contribution in [-0.2, 0) is 17.7 Å². The van der Waals surface area contributed by atoms with Gasteiger partial charge >= 0.3 is 0 Å². The molecule has 0 aliphatic heterocycles. The number of oxime groups is 1. The first-order valence-corrected chi connectivity index (χ1v) is 10.9. The van der Waals surface area contributed by atoms with E-state index < -0.39 is 0 Å². The standard InChI is InChI=1S/C24H26N2OS/c1-4-27-26-23-21-11-6-5-10-19(21)20-13-12-17(14-22(20)23)8-7-9-18-15-28-24(25-18)16(2)3/h5-6,10-16H,4,7-9H2,1-3H3/b26-23-. The van der Waals surface area contributed by atoms with E-state index in [-0.39, 0.29) is 0 Å². The highest BCUT2D eigenvalue weighted by molar-refractivity contribution is 7.09. The molecule has 0 N–H and O–H groups in total. The zero-order valence-corrected chi connectivity index (χ0v) is 17.6. The minimum Gasteiger partial charge on any atom is -0.396 e. The van der Waals surface area contributed by atoms with E-state index in [1.807, 2.05) is 6.92 Å². The van der Waals surface area contributed by atoms with Gasteiger partial charge in [-0.25, -0.2) is 4.98 Å². The first-order valence-electron chi connectivity index (χ1n) is 10.0. The quantitative estimate of drug-likeness (QED) is 0.352. The molecule has 0 radical (unpaired) electrons. The average Bonchev–Trinajstić information content (AvgIpc) is 3.29. The first-order chi connectivity index (χ1) is 13.7. The van der Waals surface area contributed by atoms with Crippen LogP contribution in [0.3, 0.4) is 0 Å². The Labute approximate surface area is 171 Å². The molecule has 0 spiro atoms. The van der Waals surface area contributed by atoms with E-state index in [0.717, 1.165) is 30.5 Å². The maximum atomic E-state index is 5.41. The molecule has 0 saturated carbocycles. The summed E-state index contributed by atoms with van der Waals surface area (Å²) >= 11 is 1.78. The fraction of sp³-hybridized carbons (Fsp3) is 0.333. The molecule has 0 unspecified atom stereocenters. The Kier molecular flexibility index (Phi) is 5.58. The Hall–Kier alpha value is -2.46. The van der Waals surface area contributed by atoms with Gasteiger partial charge in [-0.15, -0.1) is 11.3 Å². The van der Waals surface area contributed by atoms with E-state index in [0.29, 0.717) is 12.5 Å². The van der Waals surface area contributed by atoms with Crippen LogP contribution in [0, 0.1) is 0 Å². The van der Waals surface area contributed by atoms with Crippen molar-refractivity contribution in [1.29, 1.82) is 0 Å². The fourth-order valence-corrected chi connectivity index (χ4v) is 4.52. The normalized spacial score (nSPS) is 13.8. The fourth-order valence-electron chi connectivity index (χ4n) is 3.65. The molecule has 1 heterocycles. The lowest BCUT2D eigenvalue weighted by molar-refractivity contribution is 0.159. The summed E-state index contributed by atoms with van der Waals surface area (Å²) in [5, 5.41) is 7.87. The summed E-state index contributed by atoms with van der Waals surface area (Å²) < 4.78 is 0. The van der Waals surface area contributed by atoms with Crippen LogP contribution in [0.25, 0.3) is 11.1 Å². The molecule has 4 heteroatoms. The molecule has 0 fully saturated rings. The number of aromatic nitrogens is 1. The van der Waals surface area contributed by atoms with Gasteiger partial charge in [0.2, 0.25) is 0 Å². The Morgan fingerprint density at radius 1 is 1.00 bits per heavy atom. The largest absolute Gasteiger partial charge is 0.396 e. The van der Waals surface area contributed by atoms with Crippen molar-refractivity contribution >= 4 is 17.0 Å². The maximum Gasteiger partial charge on any atom is 0.118 e. The van der Waals surface area contributed by atoms with Crippen molar-refractivity contribution in [3.63, 3.8) is 0 Å². The van der Waals surface area contributed by atoms with Gasteiger partial charge in [0.25, 0.3) is 0 Å². The monoisotopic (exact) mass is 390 g/mol. The van der Waals surface area contributed by atoms with Crippen LogP contribution in [0.4, 0.5) is 0 Å². The van der Waals surface area contributed by atoms with Crippen LogP contribution >= 0.6 is 11.3 Å². The molecule has 1 aliphatic rings. The predicted molar refractivity (Wildman–Crippen MR) is 117 cm³/mol. The minimum atomic E-state index is 0.514. The van der Waals surface area contributed by atoms with Gasteiger partial charge in [0.1, 0.15) is 12.3 Å². The van der Waals surface area contributed by atoms with Gasteiger partial charge in [-0.1, -0.05) is 55.4 Å². The Balaban J connectivity index is 1.51. The predicted octanol–water partition coefficient (Wildman–Crippen LogP) is 6.21. The lowest BCUT2D eigenvalue weighted by atomic mass is 10.00. The van der Waals surface area contributed by atoms with Gasteiger partial charge in [-0.3, -0.25) is 0 Å². The van der Waals surface area contributed by atoms with Crippen molar-refractivity contribution in [3.05, 3.63) is 75.2 Å². The summed E-state index contributed by atoms with van der Waals surface area (Å²) in [5.74, 6) is 0.514. The lowest BCUT2D eigenvalue weighted by Crippen LogP contribution is -2.01. The number of fused-ring (bicyclic) bond motifs is 3. The van der Waals surface area contributed by atoms with E-state index >= 15 is 0 Å². The summed E-state index contributed by atoms with van der Waals surface area (Å²) in [4.78, 5) is 10.2. The first kappa shape index (κ1) is 18.9. The van der Waals surface area contributed by atoms with Gasteiger partial charge in [0.05, 0.1) is 10.7 Å². The van der Waals surface area contributed by atoms with E-state index in [9.17, 15) is 0 Å². The molecule has 0 saturated heterocycles. The third kappa shape index (κ3) is 3.74. The SMILES string of the molecule is CCO/N=C1/c2ccccc2-c2ccc(CCCc3csc(C(C)C)n3)cc21. The van der Waals surface area contributed by atoms with Crippen molar-refractivity contribution in [2.24, 2.45) is 5.16 Å². The molecule has 144 valence electrons. The van der Waals surface area contributed by atoms with Gasteiger partial charge in [-0.05, 0) is 48.9 Å². The number of aryl methyl sites for hydroxylation is 2. The molecule has 4 rings (SSSR count). The summed E-state index contributed by atoms with van der Waals surface area (Å²) in [5.41, 5.74) is 8.35. The van der Waals surface area contributed by atoms with Crippen LogP contribution in [0.1, 0.15) is 60.5 Å². The highest BCUT2D eigenvalue weighted by Crippen LogP contribution is 2.37. The van der Waals surface area contributed by atoms with Crippen molar-refractivity contribution < 1.29 is 4.84 Å². The van der Waals surface area contributed by atoms with Crippen molar-refractivity contribution in [2.75, 3.05) is 6.61 Å². The second-order valence-electron chi connectivity index (χ2n) is 7.47. The number of thiazole rings is 1.